The summed E-state index contributed by atoms with van der Waals surface area (Å²) in [4.78, 5) is 23.3. The van der Waals surface area contributed by atoms with Crippen molar-refractivity contribution in [2.75, 3.05) is 5.32 Å². The Balaban J connectivity index is 1.70. The molecule has 2 aliphatic rings. The number of anilines is 1. The zero-order valence-electron chi connectivity index (χ0n) is 14.4. The van der Waals surface area contributed by atoms with Crippen LogP contribution in [0.2, 0.25) is 5.02 Å². The summed E-state index contributed by atoms with van der Waals surface area (Å²) < 4.78 is 0. The summed E-state index contributed by atoms with van der Waals surface area (Å²) in [7, 11) is 0. The zero-order valence-corrected chi connectivity index (χ0v) is 16.7. The summed E-state index contributed by atoms with van der Waals surface area (Å²) >= 11 is 14.3. The van der Waals surface area contributed by atoms with Crippen molar-refractivity contribution >= 4 is 52.3 Å². The predicted octanol–water partition coefficient (Wildman–Crippen LogP) is 5.00. The van der Waals surface area contributed by atoms with Crippen LogP contribution < -0.4 is 5.32 Å². The van der Waals surface area contributed by atoms with Crippen LogP contribution in [-0.2, 0) is 4.79 Å². The number of fused-ring (bicyclic) bond motifs is 3. The van der Waals surface area contributed by atoms with Crippen LogP contribution in [0.3, 0.4) is 0 Å². The molecular formula is C19H16Cl2N2O4S. The fourth-order valence-corrected chi connectivity index (χ4v) is 6.33. The molecular weight excluding hydrogens is 423 g/mol. The van der Waals surface area contributed by atoms with Crippen LogP contribution in [0.1, 0.15) is 17.9 Å². The minimum atomic E-state index is -0.934. The van der Waals surface area contributed by atoms with Crippen LogP contribution >= 0.6 is 35.0 Å². The zero-order chi connectivity index (χ0) is 20.0. The van der Waals surface area contributed by atoms with Crippen LogP contribution in [0.25, 0.3) is 0 Å². The molecule has 2 N–H and O–H groups in total. The van der Waals surface area contributed by atoms with Gasteiger partial charge >= 0.3 is 5.97 Å². The van der Waals surface area contributed by atoms with Gasteiger partial charge in [-0.2, -0.15) is 0 Å². The highest BCUT2D eigenvalue weighted by Crippen LogP contribution is 2.55. The molecule has 0 unspecified atom stereocenters. The quantitative estimate of drug-likeness (QED) is 0.396. The van der Waals surface area contributed by atoms with Gasteiger partial charge in [0.2, 0.25) is 0 Å². The van der Waals surface area contributed by atoms with Gasteiger partial charge in [0.25, 0.3) is 5.69 Å². The molecule has 4 rings (SSSR count). The summed E-state index contributed by atoms with van der Waals surface area (Å²) in [6, 6.07) is 11.1. The molecule has 2 aromatic carbocycles. The van der Waals surface area contributed by atoms with E-state index in [0.717, 1.165) is 11.3 Å². The first-order valence-electron chi connectivity index (χ1n) is 8.69. The van der Waals surface area contributed by atoms with Crippen LogP contribution in [0.5, 0.6) is 0 Å². The molecule has 1 aliphatic carbocycles. The third kappa shape index (κ3) is 3.32. The van der Waals surface area contributed by atoms with E-state index in [9.17, 15) is 20.0 Å². The number of nitro groups is 1. The minimum absolute atomic E-state index is 0.0302. The molecule has 0 radical (unpaired) electrons. The molecule has 1 aliphatic heterocycles. The number of halogens is 2. The smallest absolute Gasteiger partial charge is 0.326 e. The van der Waals surface area contributed by atoms with Crippen molar-refractivity contribution in [1.82, 2.24) is 0 Å². The van der Waals surface area contributed by atoms with Crippen LogP contribution in [-0.4, -0.2) is 32.7 Å². The molecule has 0 amide bonds. The number of nitrogens with one attached hydrogen (secondary N) is 1. The van der Waals surface area contributed by atoms with E-state index in [4.69, 9.17) is 23.2 Å². The number of para-hydroxylation sites is 1. The molecule has 28 heavy (non-hydrogen) atoms. The number of alkyl halides is 1. The number of rotatable bonds is 4. The number of hydrogen-bond donors (Lipinski definition) is 2. The van der Waals surface area contributed by atoms with Gasteiger partial charge in [0.05, 0.1) is 15.2 Å². The summed E-state index contributed by atoms with van der Waals surface area (Å²) in [5.41, 5.74) is 1.66. The molecule has 146 valence electrons. The van der Waals surface area contributed by atoms with Crippen LogP contribution in [0.15, 0.2) is 47.4 Å². The molecule has 0 saturated heterocycles. The lowest BCUT2D eigenvalue weighted by molar-refractivity contribution is -0.387. The fourth-order valence-electron chi connectivity index (χ4n) is 4.20. The van der Waals surface area contributed by atoms with Gasteiger partial charge in [-0.3, -0.25) is 10.1 Å². The second-order valence-corrected chi connectivity index (χ2v) is 9.16. The second-order valence-electron chi connectivity index (χ2n) is 6.94. The Labute approximate surface area is 175 Å². The summed E-state index contributed by atoms with van der Waals surface area (Å²) in [5, 5.41) is 24.2. The second kappa shape index (κ2) is 7.46. The van der Waals surface area contributed by atoms with Crippen LogP contribution in [0.4, 0.5) is 11.4 Å². The van der Waals surface area contributed by atoms with E-state index in [1.54, 1.807) is 30.3 Å². The first-order chi connectivity index (χ1) is 13.4. The Morgan fingerprint density at radius 2 is 2.04 bits per heavy atom. The number of hydrogen-bond acceptors (Lipinski definition) is 5. The third-order valence-electron chi connectivity index (χ3n) is 5.38. The van der Waals surface area contributed by atoms with Crippen molar-refractivity contribution in [2.45, 2.75) is 33.9 Å². The van der Waals surface area contributed by atoms with Crippen molar-refractivity contribution in [1.29, 1.82) is 0 Å². The molecule has 6 nitrogen and oxygen atoms in total. The molecule has 1 fully saturated rings. The van der Waals surface area contributed by atoms with Gasteiger partial charge in [-0.1, -0.05) is 23.7 Å². The van der Waals surface area contributed by atoms with E-state index in [0.29, 0.717) is 16.3 Å². The number of benzene rings is 2. The van der Waals surface area contributed by atoms with E-state index in [1.165, 1.54) is 17.8 Å². The predicted molar refractivity (Wildman–Crippen MR) is 110 cm³/mol. The maximum Gasteiger partial charge on any atom is 0.326 e. The van der Waals surface area contributed by atoms with Crippen molar-refractivity contribution in [3.05, 3.63) is 63.2 Å². The molecule has 5 atom stereocenters. The molecule has 1 heterocycles. The Morgan fingerprint density at radius 1 is 1.29 bits per heavy atom. The van der Waals surface area contributed by atoms with Crippen molar-refractivity contribution < 1.29 is 14.8 Å². The number of carbonyl (C=O) groups is 1. The van der Waals surface area contributed by atoms with Gasteiger partial charge in [0.15, 0.2) is 0 Å². The highest BCUT2D eigenvalue weighted by Gasteiger charge is 2.52. The maximum absolute atomic E-state index is 11.9. The Hall–Kier alpha value is -1.96. The molecule has 1 saturated carbocycles. The lowest BCUT2D eigenvalue weighted by Gasteiger charge is -2.35. The van der Waals surface area contributed by atoms with Gasteiger partial charge in [-0.25, -0.2) is 4.79 Å². The normalized spacial score (nSPS) is 28.1. The average Bonchev–Trinajstić information content (AvgIpc) is 2.98. The number of thioether (sulfide) groups is 1. The van der Waals surface area contributed by atoms with Crippen molar-refractivity contribution in [3.8, 4) is 0 Å². The number of carboxylic acids is 1. The van der Waals surface area contributed by atoms with Gasteiger partial charge in [-0.15, -0.1) is 23.4 Å². The van der Waals surface area contributed by atoms with E-state index in [1.807, 2.05) is 6.07 Å². The number of aliphatic carboxylic acids is 1. The molecule has 0 bridgehead atoms. The summed E-state index contributed by atoms with van der Waals surface area (Å²) in [6.45, 7) is 0. The van der Waals surface area contributed by atoms with E-state index in [-0.39, 0.29) is 28.2 Å². The Morgan fingerprint density at radius 3 is 2.75 bits per heavy atom. The summed E-state index contributed by atoms with van der Waals surface area (Å²) in [6.07, 6.45) is 0.533. The van der Waals surface area contributed by atoms with Gasteiger partial charge < -0.3 is 10.4 Å². The van der Waals surface area contributed by atoms with Gasteiger partial charge in [0, 0.05) is 27.9 Å². The first-order valence-corrected chi connectivity index (χ1v) is 10.4. The third-order valence-corrected chi connectivity index (χ3v) is 7.73. The standard InChI is InChI=1S/C19H16Cl2N2O4S/c20-9-5-6-12-10(7-9)16-11(18(22-12)19(24)25)8-15(17(16)21)28-14-4-2-1-3-13(14)23(26)27/h1-7,11,15-18,22H,8H2,(H,24,25)/t11-,15+,16-,17+,18-/m0/s1. The number of nitrogens with zero attached hydrogens (tertiary/aromatic N) is 1. The molecule has 0 spiro atoms. The van der Waals surface area contributed by atoms with E-state index >= 15 is 0 Å². The maximum atomic E-state index is 11.9. The first kappa shape index (κ1) is 19.4. The summed E-state index contributed by atoms with van der Waals surface area (Å²) in [5.74, 6) is -1.36. The number of nitro benzene ring substituents is 1. The lowest BCUT2D eigenvalue weighted by atomic mass is 9.79. The average molecular weight is 439 g/mol. The Kier molecular flexibility index (Phi) is 5.16. The largest absolute Gasteiger partial charge is 0.480 e. The van der Waals surface area contributed by atoms with Crippen LogP contribution in [0, 0.1) is 16.0 Å². The Bertz CT molecular complexity index is 957. The van der Waals surface area contributed by atoms with Crippen molar-refractivity contribution in [2.24, 2.45) is 5.92 Å². The number of carboxylic acid groups (broad SMARTS) is 1. The topological polar surface area (TPSA) is 92.5 Å². The van der Waals surface area contributed by atoms with Crippen molar-refractivity contribution in [3.63, 3.8) is 0 Å². The van der Waals surface area contributed by atoms with Gasteiger partial charge in [0.1, 0.15) is 6.04 Å². The molecule has 9 heteroatoms. The highest BCUT2D eigenvalue weighted by molar-refractivity contribution is 8.00. The highest BCUT2D eigenvalue weighted by atomic mass is 35.5. The van der Waals surface area contributed by atoms with E-state index < -0.39 is 16.9 Å². The van der Waals surface area contributed by atoms with Gasteiger partial charge in [-0.05, 0) is 42.2 Å². The molecule has 0 aromatic heterocycles. The monoisotopic (exact) mass is 438 g/mol. The SMILES string of the molecule is O=C(O)[C@H]1Nc2ccc(Cl)cc2[C@@H]2[C@H](Cl)[C@H](Sc3ccccc3[N+](=O)[O-])C[C@@H]21. The fraction of sp³-hybridized carbons (Fsp3) is 0.316. The minimum Gasteiger partial charge on any atom is -0.480 e. The lowest BCUT2D eigenvalue weighted by Crippen LogP contribution is -2.42. The molecule has 2 aromatic rings. The van der Waals surface area contributed by atoms with E-state index in [2.05, 4.69) is 5.32 Å².